The molecule has 4 rings (SSSR count). The molecule has 4 atom stereocenters. The van der Waals surface area contributed by atoms with E-state index in [0.29, 0.717) is 23.0 Å². The summed E-state index contributed by atoms with van der Waals surface area (Å²) in [7, 11) is 0. The van der Waals surface area contributed by atoms with Crippen LogP contribution in [0.3, 0.4) is 0 Å². The van der Waals surface area contributed by atoms with Gasteiger partial charge in [0, 0.05) is 23.0 Å². The molecule has 1 fully saturated rings. The summed E-state index contributed by atoms with van der Waals surface area (Å²) in [4.78, 5) is 24.9. The molecule has 0 saturated heterocycles. The summed E-state index contributed by atoms with van der Waals surface area (Å²) in [5.41, 5.74) is 1.28. The molecule has 1 aromatic carbocycles. The summed E-state index contributed by atoms with van der Waals surface area (Å²) < 4.78 is 0. The smallest absolute Gasteiger partial charge is 0.168 e. The van der Waals surface area contributed by atoms with Crippen molar-refractivity contribution in [3.05, 3.63) is 47.5 Å². The van der Waals surface area contributed by atoms with Gasteiger partial charge in [-0.15, -0.1) is 0 Å². The highest BCUT2D eigenvalue weighted by Crippen LogP contribution is 2.52. The van der Waals surface area contributed by atoms with Gasteiger partial charge >= 0.3 is 0 Å². The second-order valence-electron chi connectivity index (χ2n) is 5.27. The Bertz CT molecular complexity index is 521. The maximum absolute atomic E-state index is 12.4. The highest BCUT2D eigenvalue weighted by Gasteiger charge is 2.54. The van der Waals surface area contributed by atoms with E-state index in [4.69, 9.17) is 0 Å². The average molecular weight is 224 g/mol. The molecule has 2 heteroatoms. The normalized spacial score (nSPS) is 37.2. The lowest BCUT2D eigenvalue weighted by Gasteiger charge is -2.31. The third kappa shape index (κ3) is 1.01. The number of allylic oxidation sites excluding steroid dienone is 2. The van der Waals surface area contributed by atoms with E-state index in [1.165, 1.54) is 0 Å². The summed E-state index contributed by atoms with van der Waals surface area (Å²) in [6.45, 7) is 0. The molecule has 0 radical (unpaired) electrons. The largest absolute Gasteiger partial charge is 0.294 e. The molecule has 0 spiro atoms. The number of Topliss-reactive ketones (excluding diaryl/α,β-unsaturated/α-hetero) is 2. The Morgan fingerprint density at radius 3 is 1.76 bits per heavy atom. The van der Waals surface area contributed by atoms with Crippen LogP contribution in [0.2, 0.25) is 0 Å². The van der Waals surface area contributed by atoms with Crippen molar-refractivity contribution in [1.29, 1.82) is 0 Å². The first kappa shape index (κ1) is 9.34. The highest BCUT2D eigenvalue weighted by atomic mass is 16.1. The first-order valence-electron chi connectivity index (χ1n) is 6.13. The number of ketones is 2. The molecule has 3 aliphatic carbocycles. The van der Waals surface area contributed by atoms with Crippen LogP contribution >= 0.6 is 0 Å². The minimum Gasteiger partial charge on any atom is -0.294 e. The van der Waals surface area contributed by atoms with Gasteiger partial charge < -0.3 is 0 Å². The van der Waals surface area contributed by atoms with Crippen molar-refractivity contribution in [2.45, 2.75) is 6.42 Å². The van der Waals surface area contributed by atoms with Crippen LogP contribution in [0.25, 0.3) is 0 Å². The van der Waals surface area contributed by atoms with Crippen molar-refractivity contribution in [2.24, 2.45) is 23.7 Å². The zero-order valence-electron chi connectivity index (χ0n) is 9.30. The maximum atomic E-state index is 12.4. The van der Waals surface area contributed by atoms with Gasteiger partial charge in [-0.25, -0.2) is 0 Å². The van der Waals surface area contributed by atoms with E-state index in [0.717, 1.165) is 6.42 Å². The van der Waals surface area contributed by atoms with E-state index < -0.39 is 0 Å². The Morgan fingerprint density at radius 1 is 0.824 bits per heavy atom. The molecule has 0 unspecified atom stereocenters. The van der Waals surface area contributed by atoms with Crippen molar-refractivity contribution in [2.75, 3.05) is 0 Å². The van der Waals surface area contributed by atoms with Gasteiger partial charge in [-0.3, -0.25) is 9.59 Å². The summed E-state index contributed by atoms with van der Waals surface area (Å²) >= 11 is 0. The Kier molecular flexibility index (Phi) is 1.62. The van der Waals surface area contributed by atoms with Gasteiger partial charge in [0.1, 0.15) is 0 Å². The molecule has 0 amide bonds. The molecule has 2 bridgehead atoms. The number of hydrogen-bond acceptors (Lipinski definition) is 2. The summed E-state index contributed by atoms with van der Waals surface area (Å²) in [5, 5.41) is 0. The number of fused-ring (bicyclic) bond motifs is 6. The zero-order valence-corrected chi connectivity index (χ0v) is 9.30. The number of benzene rings is 1. The van der Waals surface area contributed by atoms with Gasteiger partial charge in [0.2, 0.25) is 0 Å². The highest BCUT2D eigenvalue weighted by molar-refractivity contribution is 6.16. The average Bonchev–Trinajstić information content (AvgIpc) is 2.96. The number of carbonyl (C=O) groups is 2. The number of hydrogen-bond donors (Lipinski definition) is 0. The lowest BCUT2D eigenvalue weighted by atomic mass is 9.69. The fourth-order valence-corrected chi connectivity index (χ4v) is 3.81. The first-order valence-corrected chi connectivity index (χ1v) is 6.13. The summed E-state index contributed by atoms with van der Waals surface area (Å²) in [5.74, 6) is 0.813. The standard InChI is InChI=1S/C15H12O2/c16-14-10-3-1-2-4-11(10)15(17)13-9-6-5-8(7-9)12(13)14/h1-6,8-9,12-13H,7H2/t8-,9+,12-,13+. The number of carbonyl (C=O) groups excluding carboxylic acids is 2. The molecule has 2 nitrogen and oxygen atoms in total. The molecule has 0 N–H and O–H groups in total. The molecule has 3 aliphatic rings. The Labute approximate surface area is 99.3 Å². The first-order chi connectivity index (χ1) is 8.27. The van der Waals surface area contributed by atoms with Crippen LogP contribution in [0.1, 0.15) is 27.1 Å². The molecule has 17 heavy (non-hydrogen) atoms. The molecule has 1 aromatic rings. The van der Waals surface area contributed by atoms with Gasteiger partial charge in [0.25, 0.3) is 0 Å². The lowest BCUT2D eigenvalue weighted by Crippen LogP contribution is -2.38. The van der Waals surface area contributed by atoms with Crippen molar-refractivity contribution < 1.29 is 9.59 Å². The molecular weight excluding hydrogens is 212 g/mol. The van der Waals surface area contributed by atoms with Crippen LogP contribution in [0.5, 0.6) is 0 Å². The van der Waals surface area contributed by atoms with Gasteiger partial charge in [0.05, 0.1) is 0 Å². The van der Waals surface area contributed by atoms with E-state index >= 15 is 0 Å². The minimum absolute atomic E-state index is 0.0765. The van der Waals surface area contributed by atoms with Crippen LogP contribution in [-0.4, -0.2) is 11.6 Å². The quantitative estimate of drug-likeness (QED) is 0.634. The third-order valence-corrected chi connectivity index (χ3v) is 4.52. The van der Waals surface area contributed by atoms with Gasteiger partial charge in [-0.2, -0.15) is 0 Å². The van der Waals surface area contributed by atoms with Crippen LogP contribution in [0.4, 0.5) is 0 Å². The van der Waals surface area contributed by atoms with Crippen molar-refractivity contribution in [3.63, 3.8) is 0 Å². The zero-order chi connectivity index (χ0) is 11.6. The molecule has 84 valence electrons. The molecular formula is C15H12O2. The molecule has 0 aromatic heterocycles. The van der Waals surface area contributed by atoms with E-state index in [1.54, 1.807) is 12.1 Å². The predicted molar refractivity (Wildman–Crippen MR) is 62.8 cm³/mol. The van der Waals surface area contributed by atoms with Crippen LogP contribution < -0.4 is 0 Å². The van der Waals surface area contributed by atoms with E-state index in [2.05, 4.69) is 12.2 Å². The lowest BCUT2D eigenvalue weighted by molar-refractivity contribution is 0.0720. The molecule has 0 heterocycles. The van der Waals surface area contributed by atoms with E-state index in [-0.39, 0.29) is 23.4 Å². The van der Waals surface area contributed by atoms with Crippen molar-refractivity contribution in [1.82, 2.24) is 0 Å². The Morgan fingerprint density at radius 2 is 1.29 bits per heavy atom. The van der Waals surface area contributed by atoms with Crippen molar-refractivity contribution in [3.8, 4) is 0 Å². The second-order valence-corrected chi connectivity index (χ2v) is 5.27. The van der Waals surface area contributed by atoms with Gasteiger partial charge in [-0.05, 0) is 18.3 Å². The van der Waals surface area contributed by atoms with Crippen LogP contribution in [0.15, 0.2) is 36.4 Å². The van der Waals surface area contributed by atoms with Crippen molar-refractivity contribution >= 4 is 11.6 Å². The van der Waals surface area contributed by atoms with Gasteiger partial charge in [-0.1, -0.05) is 36.4 Å². The predicted octanol–water partition coefficient (Wildman–Crippen LogP) is 2.50. The topological polar surface area (TPSA) is 34.1 Å². The van der Waals surface area contributed by atoms with E-state index in [1.807, 2.05) is 12.1 Å². The maximum Gasteiger partial charge on any atom is 0.168 e. The second kappa shape index (κ2) is 2.95. The summed E-state index contributed by atoms with van der Waals surface area (Å²) in [6, 6.07) is 7.27. The minimum atomic E-state index is -0.0765. The monoisotopic (exact) mass is 224 g/mol. The Hall–Kier alpha value is -1.70. The van der Waals surface area contributed by atoms with Gasteiger partial charge in [0.15, 0.2) is 11.6 Å². The third-order valence-electron chi connectivity index (χ3n) is 4.52. The van der Waals surface area contributed by atoms with E-state index in [9.17, 15) is 9.59 Å². The fourth-order valence-electron chi connectivity index (χ4n) is 3.81. The van der Waals surface area contributed by atoms with Crippen LogP contribution in [0, 0.1) is 23.7 Å². The SMILES string of the molecule is O=C1c2ccccc2C(=O)[C@H]2[C@@H]1[C@H]1C=C[C@@H]2C1. The molecule has 0 aliphatic heterocycles. The fraction of sp³-hybridized carbons (Fsp3) is 0.333. The molecule has 1 saturated carbocycles. The Balaban J connectivity index is 1.94. The summed E-state index contributed by atoms with van der Waals surface area (Å²) in [6.07, 6.45) is 5.25. The number of rotatable bonds is 0. The van der Waals surface area contributed by atoms with Crippen LogP contribution in [-0.2, 0) is 0 Å².